The van der Waals surface area contributed by atoms with Crippen LogP contribution in [0.15, 0.2) is 17.4 Å². The second kappa shape index (κ2) is 6.34. The van der Waals surface area contributed by atoms with Crippen molar-refractivity contribution in [2.24, 2.45) is 10.9 Å². The molecule has 1 aromatic rings. The standard InChI is InChI=1S/C12H14F6N4O2/c1-5(24-9(22-20)10(2,23)12(16,17)18)8-7(19)3-6(4-21-8)11(13,14)15/h3-5,23H,19-20H2,1-2H3/b22-9-. The van der Waals surface area contributed by atoms with Crippen LogP contribution in [0.25, 0.3) is 0 Å². The predicted molar refractivity (Wildman–Crippen MR) is 71.5 cm³/mol. The lowest BCUT2D eigenvalue weighted by Crippen LogP contribution is -2.51. The number of halogens is 6. The van der Waals surface area contributed by atoms with E-state index < -0.39 is 41.2 Å². The van der Waals surface area contributed by atoms with Crippen molar-refractivity contribution < 1.29 is 36.2 Å². The Morgan fingerprint density at radius 1 is 1.29 bits per heavy atom. The molecule has 0 aromatic carbocycles. The van der Waals surface area contributed by atoms with Crippen LogP contribution in [-0.2, 0) is 10.9 Å². The van der Waals surface area contributed by atoms with Gasteiger partial charge in [0.25, 0.3) is 0 Å². The van der Waals surface area contributed by atoms with Crippen molar-refractivity contribution in [3.63, 3.8) is 0 Å². The maximum atomic E-state index is 12.8. The van der Waals surface area contributed by atoms with Gasteiger partial charge < -0.3 is 21.4 Å². The summed E-state index contributed by atoms with van der Waals surface area (Å²) in [7, 11) is 0. The first kappa shape index (κ1) is 19.8. The van der Waals surface area contributed by atoms with Crippen molar-refractivity contribution in [1.82, 2.24) is 4.98 Å². The Labute approximate surface area is 132 Å². The molecule has 1 rings (SSSR count). The molecule has 6 nitrogen and oxygen atoms in total. The zero-order chi connectivity index (χ0) is 18.9. The highest BCUT2D eigenvalue weighted by Crippen LogP contribution is 2.35. The first-order valence-electron chi connectivity index (χ1n) is 6.28. The summed E-state index contributed by atoms with van der Waals surface area (Å²) in [5, 5.41) is 12.2. The smallest absolute Gasteiger partial charge is 0.426 e. The molecule has 0 saturated heterocycles. The number of ether oxygens (including phenoxy) is 1. The van der Waals surface area contributed by atoms with Crippen molar-refractivity contribution in [2.75, 3.05) is 5.73 Å². The third kappa shape index (κ3) is 3.99. The van der Waals surface area contributed by atoms with Crippen LogP contribution in [0, 0.1) is 0 Å². The van der Waals surface area contributed by atoms with E-state index in [-0.39, 0.29) is 5.69 Å². The lowest BCUT2D eigenvalue weighted by Gasteiger charge is -2.28. The summed E-state index contributed by atoms with van der Waals surface area (Å²) in [6, 6.07) is 0.559. The highest BCUT2D eigenvalue weighted by atomic mass is 19.4. The third-order valence-corrected chi connectivity index (χ3v) is 3.04. The molecule has 2 atom stereocenters. The number of hydrogen-bond acceptors (Lipinski definition) is 6. The number of pyridine rings is 1. The summed E-state index contributed by atoms with van der Waals surface area (Å²) >= 11 is 0. The molecule has 0 bridgehead atoms. The van der Waals surface area contributed by atoms with E-state index >= 15 is 0 Å². The zero-order valence-corrected chi connectivity index (χ0v) is 12.4. The van der Waals surface area contributed by atoms with Crippen molar-refractivity contribution in [1.29, 1.82) is 0 Å². The molecule has 0 spiro atoms. The van der Waals surface area contributed by atoms with Crippen LogP contribution >= 0.6 is 0 Å². The largest absolute Gasteiger partial charge is 0.468 e. The van der Waals surface area contributed by atoms with Gasteiger partial charge in [-0.05, 0) is 19.9 Å². The van der Waals surface area contributed by atoms with E-state index in [0.29, 0.717) is 19.2 Å². The van der Waals surface area contributed by atoms with Crippen LogP contribution in [0.4, 0.5) is 32.0 Å². The minimum Gasteiger partial charge on any atom is -0.468 e. The Bertz CT molecular complexity index is 627. The fourth-order valence-corrected chi connectivity index (χ4v) is 1.60. The maximum Gasteiger partial charge on any atom is 0.426 e. The maximum absolute atomic E-state index is 12.8. The van der Waals surface area contributed by atoms with E-state index in [4.69, 9.17) is 16.3 Å². The molecule has 0 aliphatic carbocycles. The Hall–Kier alpha value is -2.24. The van der Waals surface area contributed by atoms with Gasteiger partial charge in [-0.2, -0.15) is 26.3 Å². The van der Waals surface area contributed by atoms with Crippen molar-refractivity contribution in [3.8, 4) is 0 Å². The Morgan fingerprint density at radius 2 is 1.83 bits per heavy atom. The third-order valence-electron chi connectivity index (χ3n) is 3.04. The number of anilines is 1. The second-order valence-electron chi connectivity index (χ2n) is 4.96. The van der Waals surface area contributed by atoms with E-state index in [9.17, 15) is 31.4 Å². The molecular weight excluding hydrogens is 346 g/mol. The van der Waals surface area contributed by atoms with E-state index in [0.717, 1.165) is 6.92 Å². The number of hydrazone groups is 1. The zero-order valence-electron chi connectivity index (χ0n) is 12.4. The van der Waals surface area contributed by atoms with E-state index in [1.807, 2.05) is 0 Å². The molecule has 2 unspecified atom stereocenters. The van der Waals surface area contributed by atoms with Gasteiger partial charge in [0, 0.05) is 6.20 Å². The summed E-state index contributed by atoms with van der Waals surface area (Å²) in [5.41, 5.74) is 0.0622. The molecule has 0 radical (unpaired) electrons. The number of aromatic nitrogens is 1. The molecule has 1 heterocycles. The van der Waals surface area contributed by atoms with Gasteiger partial charge in [0.15, 0.2) is 0 Å². The fourth-order valence-electron chi connectivity index (χ4n) is 1.60. The summed E-state index contributed by atoms with van der Waals surface area (Å²) in [5.74, 6) is 3.52. The second-order valence-corrected chi connectivity index (χ2v) is 4.96. The van der Waals surface area contributed by atoms with E-state index in [2.05, 4.69) is 10.1 Å². The lowest BCUT2D eigenvalue weighted by molar-refractivity contribution is -0.229. The Balaban J connectivity index is 3.09. The van der Waals surface area contributed by atoms with Gasteiger partial charge in [0.1, 0.15) is 11.8 Å². The summed E-state index contributed by atoms with van der Waals surface area (Å²) in [6.07, 6.45) is -10.7. The lowest BCUT2D eigenvalue weighted by atomic mass is 10.1. The van der Waals surface area contributed by atoms with Crippen LogP contribution in [0.2, 0.25) is 0 Å². The van der Waals surface area contributed by atoms with E-state index in [1.54, 1.807) is 0 Å². The van der Waals surface area contributed by atoms with Crippen LogP contribution in [0.1, 0.15) is 31.2 Å². The average molecular weight is 360 g/mol. The van der Waals surface area contributed by atoms with Gasteiger partial charge >= 0.3 is 12.4 Å². The highest BCUT2D eigenvalue weighted by Gasteiger charge is 2.56. The van der Waals surface area contributed by atoms with E-state index in [1.165, 1.54) is 0 Å². The van der Waals surface area contributed by atoms with Crippen LogP contribution in [0.3, 0.4) is 0 Å². The van der Waals surface area contributed by atoms with Crippen LogP contribution < -0.4 is 11.6 Å². The van der Waals surface area contributed by atoms with Crippen molar-refractivity contribution in [3.05, 3.63) is 23.5 Å². The topological polar surface area (TPSA) is 107 Å². The average Bonchev–Trinajstić information content (AvgIpc) is 2.41. The van der Waals surface area contributed by atoms with Gasteiger partial charge in [0.2, 0.25) is 11.5 Å². The highest BCUT2D eigenvalue weighted by molar-refractivity contribution is 5.85. The first-order chi connectivity index (χ1) is 10.7. The Morgan fingerprint density at radius 3 is 2.21 bits per heavy atom. The fraction of sp³-hybridized carbons (Fsp3) is 0.500. The molecule has 0 saturated carbocycles. The minimum absolute atomic E-state index is 0.276. The number of nitrogens with two attached hydrogens (primary N) is 2. The molecule has 0 aliphatic rings. The molecule has 1 aromatic heterocycles. The first-order valence-corrected chi connectivity index (χ1v) is 6.28. The van der Waals surface area contributed by atoms with Crippen molar-refractivity contribution >= 4 is 11.6 Å². The van der Waals surface area contributed by atoms with Gasteiger partial charge in [0.05, 0.1) is 11.3 Å². The predicted octanol–water partition coefficient (Wildman–Crippen LogP) is 2.35. The Kier molecular flexibility index (Phi) is 5.23. The van der Waals surface area contributed by atoms with Gasteiger partial charge in [-0.1, -0.05) is 0 Å². The monoisotopic (exact) mass is 360 g/mol. The molecule has 5 N–H and O–H groups in total. The number of hydrogen-bond donors (Lipinski definition) is 3. The van der Waals surface area contributed by atoms with Crippen LogP contribution in [-0.4, -0.2) is 27.8 Å². The summed E-state index contributed by atoms with van der Waals surface area (Å²) < 4.78 is 80.7. The number of aliphatic hydroxyl groups is 1. The SMILES string of the molecule is CC(O/C(=N\N)C(C)(O)C(F)(F)F)c1ncc(C(F)(F)F)cc1N. The molecule has 12 heteroatoms. The van der Waals surface area contributed by atoms with Gasteiger partial charge in [-0.15, -0.1) is 5.10 Å². The molecular formula is C12H14F6N4O2. The van der Waals surface area contributed by atoms with Crippen molar-refractivity contribution in [2.45, 2.75) is 37.9 Å². The quantitative estimate of drug-likeness (QED) is 0.252. The number of alkyl halides is 6. The van der Waals surface area contributed by atoms with Gasteiger partial charge in [-0.3, -0.25) is 4.98 Å². The summed E-state index contributed by atoms with van der Waals surface area (Å²) in [6.45, 7) is 1.51. The number of nitrogen functional groups attached to an aromatic ring is 1. The molecule has 24 heavy (non-hydrogen) atoms. The number of nitrogens with zero attached hydrogens (tertiary/aromatic N) is 2. The molecule has 136 valence electrons. The summed E-state index contributed by atoms with van der Waals surface area (Å²) in [4.78, 5) is 3.45. The normalized spacial score (nSPS) is 17.3. The number of rotatable bonds is 3. The molecule has 0 aliphatic heterocycles. The van der Waals surface area contributed by atoms with Crippen LogP contribution in [0.5, 0.6) is 0 Å². The molecule has 0 amide bonds. The minimum atomic E-state index is -5.15. The molecule has 0 fully saturated rings. The van der Waals surface area contributed by atoms with Gasteiger partial charge in [-0.25, -0.2) is 0 Å².